The lowest BCUT2D eigenvalue weighted by molar-refractivity contribution is 0.436. The van der Waals surface area contributed by atoms with Crippen molar-refractivity contribution in [3.63, 3.8) is 0 Å². The van der Waals surface area contributed by atoms with Gasteiger partial charge in [0.1, 0.15) is 3.57 Å². The van der Waals surface area contributed by atoms with E-state index in [1.165, 1.54) is 10.1 Å². The van der Waals surface area contributed by atoms with Gasteiger partial charge >= 0.3 is 0 Å². The van der Waals surface area contributed by atoms with E-state index in [9.17, 15) is 0 Å². The molecule has 0 unspecified atom stereocenters. The van der Waals surface area contributed by atoms with Gasteiger partial charge in [-0.3, -0.25) is 0 Å². The summed E-state index contributed by atoms with van der Waals surface area (Å²) in [6, 6.07) is 8.22. The molecule has 0 fully saturated rings. The quantitative estimate of drug-likeness (QED) is 0.686. The normalized spacial score (nSPS) is 11.1. The third-order valence-corrected chi connectivity index (χ3v) is 4.39. The van der Waals surface area contributed by atoms with Crippen LogP contribution < -0.4 is 5.73 Å². The van der Waals surface area contributed by atoms with Crippen molar-refractivity contribution in [1.29, 1.82) is 0 Å². The number of hydrogen-bond donors (Lipinski definition) is 1. The minimum absolute atomic E-state index is 0.450. The van der Waals surface area contributed by atoms with Crippen molar-refractivity contribution in [2.75, 3.05) is 5.73 Å². The molecule has 0 saturated carbocycles. The Morgan fingerprint density at radius 3 is 2.88 bits per heavy atom. The molecule has 0 spiro atoms. The van der Waals surface area contributed by atoms with Gasteiger partial charge in [0.25, 0.3) is 0 Å². The van der Waals surface area contributed by atoms with Gasteiger partial charge in [-0.25, -0.2) is 0 Å². The molecule has 5 heteroatoms. The molecule has 0 aliphatic heterocycles. The van der Waals surface area contributed by atoms with Crippen molar-refractivity contribution in [3.8, 4) is 11.3 Å². The first-order valence-electron chi connectivity index (χ1n) is 4.64. The van der Waals surface area contributed by atoms with E-state index in [1.807, 2.05) is 12.1 Å². The molecule has 1 aromatic carbocycles. The zero-order valence-corrected chi connectivity index (χ0v) is 11.1. The molecule has 0 amide bonds. The van der Waals surface area contributed by atoms with E-state index < -0.39 is 0 Å². The molecule has 2 N–H and O–H groups in total. The lowest BCUT2D eigenvalue weighted by Crippen LogP contribution is -1.85. The first kappa shape index (κ1) is 10.1. The molecule has 2 heterocycles. The average molecular weight is 342 g/mol. The highest BCUT2D eigenvalue weighted by molar-refractivity contribution is 14.1. The van der Waals surface area contributed by atoms with E-state index in [-0.39, 0.29) is 0 Å². The monoisotopic (exact) mass is 342 g/mol. The molecule has 3 rings (SSSR count). The average Bonchev–Trinajstić information content (AvgIpc) is 2.85. The minimum atomic E-state index is 0.450. The number of benzene rings is 1. The molecule has 0 atom stereocenters. The molecule has 0 saturated heterocycles. The Morgan fingerprint density at radius 1 is 1.31 bits per heavy atom. The second-order valence-corrected chi connectivity index (χ2v) is 5.35. The van der Waals surface area contributed by atoms with Crippen LogP contribution in [0.1, 0.15) is 0 Å². The highest BCUT2D eigenvalue weighted by atomic mass is 127. The second kappa shape index (κ2) is 3.74. The van der Waals surface area contributed by atoms with Crippen LogP contribution in [0.25, 0.3) is 21.4 Å². The molecule has 0 bridgehead atoms. The molecule has 3 nitrogen and oxygen atoms in total. The number of rotatable bonds is 1. The molecule has 80 valence electrons. The number of nitrogens with zero attached hydrogens (tertiary/aromatic N) is 1. The van der Waals surface area contributed by atoms with Gasteiger partial charge in [-0.15, -0.1) is 11.3 Å². The zero-order valence-electron chi connectivity index (χ0n) is 8.11. The van der Waals surface area contributed by atoms with Gasteiger partial charge in [0.15, 0.2) is 11.6 Å². The SMILES string of the molecule is Nc1noc(-c2csc3ccccc23)c1I. The van der Waals surface area contributed by atoms with Crippen LogP contribution in [0.5, 0.6) is 0 Å². The Labute approximate surface area is 109 Å². The summed E-state index contributed by atoms with van der Waals surface area (Å²) in [6.07, 6.45) is 0. The van der Waals surface area contributed by atoms with E-state index in [4.69, 9.17) is 10.3 Å². The Kier molecular flexibility index (Phi) is 2.36. The van der Waals surface area contributed by atoms with Gasteiger partial charge in [-0.1, -0.05) is 23.4 Å². The molecular formula is C11H7IN2OS. The summed E-state index contributed by atoms with van der Waals surface area (Å²) in [5.41, 5.74) is 6.75. The smallest absolute Gasteiger partial charge is 0.183 e. The number of nitrogen functional groups attached to an aromatic ring is 1. The van der Waals surface area contributed by atoms with Crippen LogP contribution in [0, 0.1) is 3.57 Å². The van der Waals surface area contributed by atoms with Crippen molar-refractivity contribution < 1.29 is 4.52 Å². The summed E-state index contributed by atoms with van der Waals surface area (Å²) in [4.78, 5) is 0. The Morgan fingerprint density at radius 2 is 2.12 bits per heavy atom. The fourth-order valence-electron chi connectivity index (χ4n) is 1.61. The maximum atomic E-state index is 5.68. The molecule has 3 aromatic rings. The molecule has 0 aliphatic rings. The number of nitrogens with two attached hydrogens (primary N) is 1. The number of halogens is 1. The van der Waals surface area contributed by atoms with Crippen LogP contribution in [-0.4, -0.2) is 5.16 Å². The van der Waals surface area contributed by atoms with Crippen molar-refractivity contribution >= 4 is 49.8 Å². The van der Waals surface area contributed by atoms with E-state index in [1.54, 1.807) is 11.3 Å². The van der Waals surface area contributed by atoms with Crippen LogP contribution in [-0.2, 0) is 0 Å². The summed E-state index contributed by atoms with van der Waals surface area (Å²) >= 11 is 3.85. The first-order chi connectivity index (χ1) is 7.77. The molecule has 0 radical (unpaired) electrons. The van der Waals surface area contributed by atoms with Crippen LogP contribution >= 0.6 is 33.9 Å². The summed E-state index contributed by atoms with van der Waals surface area (Å²) in [5.74, 6) is 1.21. The zero-order chi connectivity index (χ0) is 11.1. The standard InChI is InChI=1S/C11H7IN2OS/c12-9-10(15-14-11(9)13)7-5-16-8-4-2-1-3-6(7)8/h1-5H,(H2,13,14). The van der Waals surface area contributed by atoms with Gasteiger partial charge < -0.3 is 10.3 Å². The van der Waals surface area contributed by atoms with Crippen molar-refractivity contribution in [1.82, 2.24) is 5.16 Å². The number of fused-ring (bicyclic) bond motifs is 1. The van der Waals surface area contributed by atoms with Crippen LogP contribution in [0.4, 0.5) is 5.82 Å². The molecule has 2 aromatic heterocycles. The predicted molar refractivity (Wildman–Crippen MR) is 74.5 cm³/mol. The Bertz CT molecular complexity index is 659. The predicted octanol–water partition coefficient (Wildman–Crippen LogP) is 3.74. The molecule has 16 heavy (non-hydrogen) atoms. The lowest BCUT2D eigenvalue weighted by Gasteiger charge is -1.94. The van der Waals surface area contributed by atoms with Crippen molar-refractivity contribution in [2.24, 2.45) is 0 Å². The second-order valence-electron chi connectivity index (χ2n) is 3.36. The van der Waals surface area contributed by atoms with Gasteiger partial charge in [0, 0.05) is 21.0 Å². The van der Waals surface area contributed by atoms with Crippen molar-refractivity contribution in [3.05, 3.63) is 33.2 Å². The summed E-state index contributed by atoms with van der Waals surface area (Å²) < 4.78 is 7.39. The van der Waals surface area contributed by atoms with Gasteiger partial charge in [0.2, 0.25) is 0 Å². The Hall–Kier alpha value is -1.08. The maximum absolute atomic E-state index is 5.68. The van der Waals surface area contributed by atoms with Crippen molar-refractivity contribution in [2.45, 2.75) is 0 Å². The van der Waals surface area contributed by atoms with Gasteiger partial charge in [0.05, 0.1) is 0 Å². The van der Waals surface area contributed by atoms with Crippen LogP contribution in [0.2, 0.25) is 0 Å². The summed E-state index contributed by atoms with van der Waals surface area (Å²) in [5, 5.41) is 7.04. The van der Waals surface area contributed by atoms with E-state index >= 15 is 0 Å². The van der Waals surface area contributed by atoms with E-state index in [2.05, 4.69) is 45.3 Å². The maximum Gasteiger partial charge on any atom is 0.183 e. The number of hydrogen-bond acceptors (Lipinski definition) is 4. The highest BCUT2D eigenvalue weighted by Gasteiger charge is 2.16. The summed E-state index contributed by atoms with van der Waals surface area (Å²) in [6.45, 7) is 0. The number of thiophene rings is 1. The largest absolute Gasteiger partial charge is 0.380 e. The molecular weight excluding hydrogens is 335 g/mol. The first-order valence-corrected chi connectivity index (χ1v) is 6.60. The number of anilines is 1. The molecule has 0 aliphatic carbocycles. The van der Waals surface area contributed by atoms with E-state index in [0.29, 0.717) is 5.82 Å². The van der Waals surface area contributed by atoms with Gasteiger partial charge in [-0.2, -0.15) is 0 Å². The van der Waals surface area contributed by atoms with E-state index in [0.717, 1.165) is 14.9 Å². The highest BCUT2D eigenvalue weighted by Crippen LogP contribution is 2.37. The fraction of sp³-hybridized carbons (Fsp3) is 0. The van der Waals surface area contributed by atoms with Gasteiger partial charge in [-0.05, 0) is 28.7 Å². The Balaban J connectivity index is 2.30. The topological polar surface area (TPSA) is 52.0 Å². The third-order valence-electron chi connectivity index (χ3n) is 2.39. The van der Waals surface area contributed by atoms with Crippen LogP contribution in [0.15, 0.2) is 34.2 Å². The minimum Gasteiger partial charge on any atom is -0.380 e. The fourth-order valence-corrected chi connectivity index (χ4v) is 3.04. The lowest BCUT2D eigenvalue weighted by atomic mass is 10.1. The summed E-state index contributed by atoms with van der Waals surface area (Å²) in [7, 11) is 0. The van der Waals surface area contributed by atoms with Crippen LogP contribution in [0.3, 0.4) is 0 Å². The number of aromatic nitrogens is 1. The third kappa shape index (κ3) is 1.42.